The minimum atomic E-state index is -0.277. The summed E-state index contributed by atoms with van der Waals surface area (Å²) in [5, 5.41) is 3.89. The minimum Gasteiger partial charge on any atom is -0.496 e. The normalized spacial score (nSPS) is 10.8. The van der Waals surface area contributed by atoms with Crippen molar-refractivity contribution in [1.82, 2.24) is 4.98 Å². The third-order valence-corrected chi connectivity index (χ3v) is 4.11. The number of halogens is 1. The highest BCUT2D eigenvalue weighted by Gasteiger charge is 2.10. The van der Waals surface area contributed by atoms with Crippen molar-refractivity contribution in [2.24, 2.45) is 0 Å². The lowest BCUT2D eigenvalue weighted by Crippen LogP contribution is -1.89. The second kappa shape index (κ2) is 5.09. The molecule has 0 aliphatic rings. The van der Waals surface area contributed by atoms with E-state index in [1.807, 2.05) is 25.2 Å². The van der Waals surface area contributed by atoms with E-state index >= 15 is 0 Å². The molecule has 0 aliphatic heterocycles. The molecule has 0 radical (unpaired) electrons. The molecule has 0 saturated heterocycles. The first kappa shape index (κ1) is 12.9. The van der Waals surface area contributed by atoms with Crippen molar-refractivity contribution in [2.45, 2.75) is 0 Å². The standard InChI is InChI=1S/C15H13FN2OS/c1-17-15-18-12-5-3-9(7-14(12)20-15)11-8-10(16)4-6-13(11)19-2/h3-8H,1-2H3,(H,17,18). The van der Waals surface area contributed by atoms with Crippen LogP contribution in [0, 0.1) is 5.82 Å². The SMILES string of the molecule is CNc1nc2ccc(-c3cc(F)ccc3OC)cc2s1. The fourth-order valence-electron chi connectivity index (χ4n) is 2.10. The summed E-state index contributed by atoms with van der Waals surface area (Å²) in [6.45, 7) is 0. The maximum atomic E-state index is 13.5. The lowest BCUT2D eigenvalue weighted by molar-refractivity contribution is 0.415. The highest BCUT2D eigenvalue weighted by atomic mass is 32.1. The summed E-state index contributed by atoms with van der Waals surface area (Å²) in [5.41, 5.74) is 2.59. The number of ether oxygens (including phenoxy) is 1. The van der Waals surface area contributed by atoms with Crippen LogP contribution in [0.1, 0.15) is 0 Å². The van der Waals surface area contributed by atoms with Crippen LogP contribution >= 0.6 is 11.3 Å². The molecule has 1 heterocycles. The molecule has 3 rings (SSSR count). The largest absolute Gasteiger partial charge is 0.496 e. The first-order valence-corrected chi connectivity index (χ1v) is 6.95. The molecule has 102 valence electrons. The van der Waals surface area contributed by atoms with Crippen LogP contribution in [0.25, 0.3) is 21.3 Å². The Kier molecular flexibility index (Phi) is 3.28. The number of hydrogen-bond acceptors (Lipinski definition) is 4. The molecule has 0 bridgehead atoms. The van der Waals surface area contributed by atoms with E-state index in [-0.39, 0.29) is 5.82 Å². The van der Waals surface area contributed by atoms with Crippen LogP contribution in [0.4, 0.5) is 9.52 Å². The first-order chi connectivity index (χ1) is 9.71. The smallest absolute Gasteiger partial charge is 0.183 e. The maximum Gasteiger partial charge on any atom is 0.183 e. The average Bonchev–Trinajstić information content (AvgIpc) is 2.89. The average molecular weight is 288 g/mol. The number of rotatable bonds is 3. The molecule has 0 spiro atoms. The Morgan fingerprint density at radius 1 is 1.20 bits per heavy atom. The Bertz CT molecular complexity index is 770. The van der Waals surface area contributed by atoms with E-state index in [1.165, 1.54) is 12.1 Å². The van der Waals surface area contributed by atoms with Gasteiger partial charge in [0.2, 0.25) is 0 Å². The summed E-state index contributed by atoms with van der Waals surface area (Å²) in [4.78, 5) is 4.43. The zero-order chi connectivity index (χ0) is 14.1. The molecule has 0 unspecified atom stereocenters. The van der Waals surface area contributed by atoms with Gasteiger partial charge in [0.05, 0.1) is 17.3 Å². The maximum absolute atomic E-state index is 13.5. The molecule has 3 aromatic rings. The van der Waals surface area contributed by atoms with Crippen LogP contribution in [0.15, 0.2) is 36.4 Å². The van der Waals surface area contributed by atoms with Gasteiger partial charge in [0.25, 0.3) is 0 Å². The number of thiazole rings is 1. The molecule has 1 N–H and O–H groups in total. The van der Waals surface area contributed by atoms with Gasteiger partial charge in [-0.05, 0) is 35.9 Å². The molecule has 0 amide bonds. The number of nitrogens with one attached hydrogen (secondary N) is 1. The molecule has 1 aromatic heterocycles. The van der Waals surface area contributed by atoms with Crippen molar-refractivity contribution in [2.75, 3.05) is 19.5 Å². The van der Waals surface area contributed by atoms with E-state index in [2.05, 4.69) is 10.3 Å². The van der Waals surface area contributed by atoms with E-state index in [4.69, 9.17) is 4.74 Å². The van der Waals surface area contributed by atoms with E-state index in [0.29, 0.717) is 5.75 Å². The summed E-state index contributed by atoms with van der Waals surface area (Å²) in [7, 11) is 3.43. The molecular weight excluding hydrogens is 275 g/mol. The summed E-state index contributed by atoms with van der Waals surface area (Å²) >= 11 is 1.57. The van der Waals surface area contributed by atoms with Crippen LogP contribution < -0.4 is 10.1 Å². The number of fused-ring (bicyclic) bond motifs is 1. The van der Waals surface area contributed by atoms with Crippen molar-refractivity contribution in [3.8, 4) is 16.9 Å². The molecule has 0 saturated carbocycles. The lowest BCUT2D eigenvalue weighted by Gasteiger charge is -2.08. The number of methoxy groups -OCH3 is 1. The fourth-order valence-corrected chi connectivity index (χ4v) is 2.96. The second-order valence-corrected chi connectivity index (χ2v) is 5.33. The topological polar surface area (TPSA) is 34.2 Å². The number of aromatic nitrogens is 1. The monoisotopic (exact) mass is 288 g/mol. The van der Waals surface area contributed by atoms with Gasteiger partial charge in [0.15, 0.2) is 5.13 Å². The lowest BCUT2D eigenvalue weighted by atomic mass is 10.0. The molecular formula is C15H13FN2OS. The Labute approximate surface area is 120 Å². The molecule has 3 nitrogen and oxygen atoms in total. The highest BCUT2D eigenvalue weighted by molar-refractivity contribution is 7.22. The molecule has 20 heavy (non-hydrogen) atoms. The van der Waals surface area contributed by atoms with Gasteiger partial charge in [-0.1, -0.05) is 17.4 Å². The Hall–Kier alpha value is -2.14. The minimum absolute atomic E-state index is 0.277. The quantitative estimate of drug-likeness (QED) is 0.786. The fraction of sp³-hybridized carbons (Fsp3) is 0.133. The summed E-state index contributed by atoms with van der Waals surface area (Å²) in [5.74, 6) is 0.380. The molecule has 0 aliphatic carbocycles. The second-order valence-electron chi connectivity index (χ2n) is 4.30. The van der Waals surface area contributed by atoms with Crippen molar-refractivity contribution in [3.63, 3.8) is 0 Å². The van der Waals surface area contributed by atoms with Gasteiger partial charge in [0.1, 0.15) is 11.6 Å². The van der Waals surface area contributed by atoms with E-state index in [9.17, 15) is 4.39 Å². The van der Waals surface area contributed by atoms with Crippen molar-refractivity contribution in [3.05, 3.63) is 42.2 Å². The molecule has 0 fully saturated rings. The van der Waals surface area contributed by atoms with E-state index in [0.717, 1.165) is 26.5 Å². The van der Waals surface area contributed by atoms with Gasteiger partial charge in [-0.15, -0.1) is 0 Å². The third-order valence-electron chi connectivity index (χ3n) is 3.07. The van der Waals surface area contributed by atoms with Gasteiger partial charge >= 0.3 is 0 Å². The van der Waals surface area contributed by atoms with Crippen molar-refractivity contribution in [1.29, 1.82) is 0 Å². The predicted octanol–water partition coefficient (Wildman–Crippen LogP) is 4.15. The van der Waals surface area contributed by atoms with Gasteiger partial charge in [-0.25, -0.2) is 9.37 Å². The van der Waals surface area contributed by atoms with E-state index < -0.39 is 0 Å². The summed E-state index contributed by atoms with van der Waals surface area (Å²) in [6, 6.07) is 10.4. The first-order valence-electron chi connectivity index (χ1n) is 6.13. The number of benzene rings is 2. The molecule has 0 atom stereocenters. The summed E-state index contributed by atoms with van der Waals surface area (Å²) in [6.07, 6.45) is 0. The van der Waals surface area contributed by atoms with Crippen LogP contribution in [-0.4, -0.2) is 19.1 Å². The predicted molar refractivity (Wildman–Crippen MR) is 81.1 cm³/mol. The zero-order valence-corrected chi connectivity index (χ0v) is 11.9. The van der Waals surface area contributed by atoms with Crippen LogP contribution in [0.2, 0.25) is 0 Å². The van der Waals surface area contributed by atoms with Gasteiger partial charge in [-0.3, -0.25) is 0 Å². The van der Waals surface area contributed by atoms with Crippen LogP contribution in [0.3, 0.4) is 0 Å². The van der Waals surface area contributed by atoms with Gasteiger partial charge in [0, 0.05) is 12.6 Å². The van der Waals surface area contributed by atoms with E-state index in [1.54, 1.807) is 24.5 Å². The molecule has 2 aromatic carbocycles. The number of anilines is 1. The number of nitrogens with zero attached hydrogens (tertiary/aromatic N) is 1. The Morgan fingerprint density at radius 2 is 2.05 bits per heavy atom. The van der Waals surface area contributed by atoms with Crippen molar-refractivity contribution < 1.29 is 9.13 Å². The Morgan fingerprint density at radius 3 is 2.80 bits per heavy atom. The van der Waals surface area contributed by atoms with Gasteiger partial charge < -0.3 is 10.1 Å². The van der Waals surface area contributed by atoms with Crippen molar-refractivity contribution >= 4 is 26.7 Å². The highest BCUT2D eigenvalue weighted by Crippen LogP contribution is 2.34. The third kappa shape index (κ3) is 2.20. The van der Waals surface area contributed by atoms with Crippen LogP contribution in [-0.2, 0) is 0 Å². The number of hydrogen-bond donors (Lipinski definition) is 1. The van der Waals surface area contributed by atoms with Gasteiger partial charge in [-0.2, -0.15) is 0 Å². The Balaban J connectivity index is 2.16. The molecule has 5 heteroatoms. The zero-order valence-electron chi connectivity index (χ0n) is 11.1. The van der Waals surface area contributed by atoms with Crippen LogP contribution in [0.5, 0.6) is 5.75 Å². The summed E-state index contributed by atoms with van der Waals surface area (Å²) < 4.78 is 19.8.